The molecular formula is C15H18N4O. The average Bonchev–Trinajstić information content (AvgIpc) is 2.46. The lowest BCUT2D eigenvalue weighted by molar-refractivity contribution is 0.415. The normalized spacial score (nSPS) is 11.2. The molecular weight excluding hydrogens is 252 g/mol. The summed E-state index contributed by atoms with van der Waals surface area (Å²) >= 11 is 0. The van der Waals surface area contributed by atoms with Gasteiger partial charge in [0, 0.05) is 18.1 Å². The van der Waals surface area contributed by atoms with Crippen molar-refractivity contribution in [2.45, 2.75) is 13.5 Å². The maximum atomic E-state index is 5.85. The molecule has 3 N–H and O–H groups in total. The van der Waals surface area contributed by atoms with E-state index in [2.05, 4.69) is 15.3 Å². The highest BCUT2D eigenvalue weighted by molar-refractivity contribution is 5.92. The molecule has 1 aromatic heterocycles. The SMILES string of the molecule is COc1ccc(NC(N)=NCc2cncc(C)c2)cc1. The first-order valence-corrected chi connectivity index (χ1v) is 6.29. The molecule has 0 amide bonds. The third-order valence-corrected chi connectivity index (χ3v) is 2.73. The van der Waals surface area contributed by atoms with Gasteiger partial charge in [0.05, 0.1) is 13.7 Å². The fraction of sp³-hybridized carbons (Fsp3) is 0.200. The molecule has 2 aromatic rings. The number of hydrogen-bond donors (Lipinski definition) is 2. The molecule has 0 bridgehead atoms. The van der Waals surface area contributed by atoms with E-state index in [4.69, 9.17) is 10.5 Å². The van der Waals surface area contributed by atoms with Gasteiger partial charge in [0.25, 0.3) is 0 Å². The lowest BCUT2D eigenvalue weighted by Gasteiger charge is -2.06. The standard InChI is InChI=1S/C15H18N4O/c1-11-7-12(9-17-8-11)10-18-15(16)19-13-3-5-14(20-2)6-4-13/h3-9H,10H2,1-2H3,(H3,16,18,19). The first-order valence-electron chi connectivity index (χ1n) is 6.29. The van der Waals surface area contributed by atoms with E-state index in [0.29, 0.717) is 12.5 Å². The van der Waals surface area contributed by atoms with E-state index in [-0.39, 0.29) is 0 Å². The molecule has 0 spiro atoms. The van der Waals surface area contributed by atoms with E-state index in [1.807, 2.05) is 43.5 Å². The molecule has 0 saturated carbocycles. The number of benzene rings is 1. The van der Waals surface area contributed by atoms with E-state index in [1.54, 1.807) is 13.3 Å². The molecule has 5 nitrogen and oxygen atoms in total. The van der Waals surface area contributed by atoms with Crippen LogP contribution in [0.25, 0.3) is 0 Å². The van der Waals surface area contributed by atoms with E-state index >= 15 is 0 Å². The molecule has 0 fully saturated rings. The smallest absolute Gasteiger partial charge is 0.193 e. The summed E-state index contributed by atoms with van der Waals surface area (Å²) in [4.78, 5) is 8.41. The van der Waals surface area contributed by atoms with Crippen LogP contribution < -0.4 is 15.8 Å². The lowest BCUT2D eigenvalue weighted by atomic mass is 10.2. The molecule has 0 radical (unpaired) electrons. The van der Waals surface area contributed by atoms with Crippen LogP contribution in [-0.2, 0) is 6.54 Å². The van der Waals surface area contributed by atoms with Crippen LogP contribution in [0.2, 0.25) is 0 Å². The number of aliphatic imine (C=N–C) groups is 1. The molecule has 5 heteroatoms. The largest absolute Gasteiger partial charge is 0.497 e. The highest BCUT2D eigenvalue weighted by Crippen LogP contribution is 2.14. The van der Waals surface area contributed by atoms with Crippen molar-refractivity contribution in [1.82, 2.24) is 4.98 Å². The maximum absolute atomic E-state index is 5.85. The van der Waals surface area contributed by atoms with Crippen molar-refractivity contribution in [3.05, 3.63) is 53.9 Å². The Bertz CT molecular complexity index is 593. The number of rotatable bonds is 4. The van der Waals surface area contributed by atoms with Crippen LogP contribution in [0.4, 0.5) is 5.69 Å². The molecule has 104 valence electrons. The number of anilines is 1. The number of hydrogen-bond acceptors (Lipinski definition) is 3. The first kappa shape index (κ1) is 13.9. The number of nitrogens with two attached hydrogens (primary N) is 1. The Hall–Kier alpha value is -2.56. The van der Waals surface area contributed by atoms with E-state index < -0.39 is 0 Å². The van der Waals surface area contributed by atoms with Gasteiger partial charge in [0.1, 0.15) is 5.75 Å². The van der Waals surface area contributed by atoms with Crippen molar-refractivity contribution >= 4 is 11.6 Å². The van der Waals surface area contributed by atoms with Crippen molar-refractivity contribution in [3.63, 3.8) is 0 Å². The molecule has 0 unspecified atom stereocenters. The summed E-state index contributed by atoms with van der Waals surface area (Å²) < 4.78 is 5.09. The number of aromatic nitrogens is 1. The fourth-order valence-electron chi connectivity index (χ4n) is 1.74. The van der Waals surface area contributed by atoms with Crippen molar-refractivity contribution in [2.75, 3.05) is 12.4 Å². The van der Waals surface area contributed by atoms with Crippen molar-refractivity contribution < 1.29 is 4.74 Å². The van der Waals surface area contributed by atoms with Gasteiger partial charge in [-0.3, -0.25) is 4.98 Å². The second kappa shape index (κ2) is 6.56. The Balaban J connectivity index is 1.96. The van der Waals surface area contributed by atoms with Gasteiger partial charge < -0.3 is 15.8 Å². The average molecular weight is 270 g/mol. The first-order chi connectivity index (χ1) is 9.67. The molecule has 0 aliphatic heterocycles. The summed E-state index contributed by atoms with van der Waals surface area (Å²) in [5, 5.41) is 3.03. The second-order valence-electron chi connectivity index (χ2n) is 4.43. The lowest BCUT2D eigenvalue weighted by Crippen LogP contribution is -2.22. The van der Waals surface area contributed by atoms with Gasteiger partial charge >= 0.3 is 0 Å². The van der Waals surface area contributed by atoms with Crippen molar-refractivity contribution in [2.24, 2.45) is 10.7 Å². The van der Waals surface area contributed by atoms with E-state index in [0.717, 1.165) is 22.6 Å². The Kier molecular flexibility index (Phi) is 4.55. The minimum Gasteiger partial charge on any atom is -0.497 e. The number of nitrogens with one attached hydrogen (secondary N) is 1. The third kappa shape index (κ3) is 3.98. The molecule has 1 heterocycles. The number of aryl methyl sites for hydroxylation is 1. The maximum Gasteiger partial charge on any atom is 0.193 e. The minimum absolute atomic E-state index is 0.372. The number of guanidine groups is 1. The molecule has 0 saturated heterocycles. The number of methoxy groups -OCH3 is 1. The van der Waals surface area contributed by atoms with Gasteiger partial charge in [-0.2, -0.15) is 0 Å². The van der Waals surface area contributed by atoms with Gasteiger partial charge in [0.15, 0.2) is 5.96 Å². The van der Waals surface area contributed by atoms with Crippen LogP contribution in [0.3, 0.4) is 0 Å². The summed E-state index contributed by atoms with van der Waals surface area (Å²) in [6, 6.07) is 9.53. The monoisotopic (exact) mass is 270 g/mol. The Labute approximate surface area is 118 Å². The minimum atomic E-state index is 0.372. The molecule has 0 aliphatic carbocycles. The zero-order chi connectivity index (χ0) is 14.4. The van der Waals surface area contributed by atoms with Crippen LogP contribution in [0, 0.1) is 6.92 Å². The van der Waals surface area contributed by atoms with Gasteiger partial charge in [-0.15, -0.1) is 0 Å². The number of ether oxygens (including phenoxy) is 1. The summed E-state index contributed by atoms with van der Waals surface area (Å²) in [6.45, 7) is 2.50. The van der Waals surface area contributed by atoms with Crippen LogP contribution >= 0.6 is 0 Å². The molecule has 1 aromatic carbocycles. The van der Waals surface area contributed by atoms with Crippen LogP contribution in [0.1, 0.15) is 11.1 Å². The van der Waals surface area contributed by atoms with Crippen molar-refractivity contribution in [1.29, 1.82) is 0 Å². The van der Waals surface area contributed by atoms with Crippen LogP contribution in [0.5, 0.6) is 5.75 Å². The Morgan fingerprint density at radius 3 is 2.70 bits per heavy atom. The zero-order valence-corrected chi connectivity index (χ0v) is 11.6. The Morgan fingerprint density at radius 1 is 1.30 bits per heavy atom. The van der Waals surface area contributed by atoms with E-state index in [9.17, 15) is 0 Å². The summed E-state index contributed by atoms with van der Waals surface area (Å²) in [6.07, 6.45) is 3.60. The van der Waals surface area contributed by atoms with E-state index in [1.165, 1.54) is 0 Å². The van der Waals surface area contributed by atoms with Crippen LogP contribution in [0.15, 0.2) is 47.7 Å². The number of pyridine rings is 1. The van der Waals surface area contributed by atoms with Gasteiger partial charge in [-0.25, -0.2) is 4.99 Å². The zero-order valence-electron chi connectivity index (χ0n) is 11.6. The topological polar surface area (TPSA) is 72.5 Å². The molecule has 0 atom stereocenters. The quantitative estimate of drug-likeness (QED) is 0.660. The second-order valence-corrected chi connectivity index (χ2v) is 4.43. The molecule has 20 heavy (non-hydrogen) atoms. The summed E-state index contributed by atoms with van der Waals surface area (Å²) in [7, 11) is 1.63. The summed E-state index contributed by atoms with van der Waals surface area (Å²) in [5.41, 5.74) is 8.86. The van der Waals surface area contributed by atoms with Crippen LogP contribution in [-0.4, -0.2) is 18.1 Å². The van der Waals surface area contributed by atoms with Gasteiger partial charge in [-0.05, 0) is 42.3 Å². The highest BCUT2D eigenvalue weighted by Gasteiger charge is 1.97. The molecule has 2 rings (SSSR count). The Morgan fingerprint density at radius 2 is 2.05 bits per heavy atom. The number of nitrogens with zero attached hydrogens (tertiary/aromatic N) is 2. The van der Waals surface area contributed by atoms with Gasteiger partial charge in [0.2, 0.25) is 0 Å². The fourth-order valence-corrected chi connectivity index (χ4v) is 1.74. The predicted molar refractivity (Wildman–Crippen MR) is 80.9 cm³/mol. The predicted octanol–water partition coefficient (Wildman–Crippen LogP) is 2.33. The molecule has 0 aliphatic rings. The third-order valence-electron chi connectivity index (χ3n) is 2.73. The van der Waals surface area contributed by atoms with Crippen molar-refractivity contribution in [3.8, 4) is 5.75 Å². The highest BCUT2D eigenvalue weighted by atomic mass is 16.5. The van der Waals surface area contributed by atoms with Gasteiger partial charge in [-0.1, -0.05) is 6.07 Å². The summed E-state index contributed by atoms with van der Waals surface area (Å²) in [5.74, 6) is 1.17.